The molecular formula is C21H18ClNO3. The molecule has 0 atom stereocenters. The Morgan fingerprint density at radius 1 is 0.885 bits per heavy atom. The van der Waals surface area contributed by atoms with Crippen molar-refractivity contribution in [1.29, 1.82) is 0 Å². The molecule has 26 heavy (non-hydrogen) atoms. The van der Waals surface area contributed by atoms with Gasteiger partial charge in [-0.3, -0.25) is 4.79 Å². The average Bonchev–Trinajstić information content (AvgIpc) is 2.68. The van der Waals surface area contributed by atoms with Crippen molar-refractivity contribution >= 4 is 23.2 Å². The summed E-state index contributed by atoms with van der Waals surface area (Å²) in [6, 6.07) is 21.7. The first kappa shape index (κ1) is 17.8. The van der Waals surface area contributed by atoms with Crippen molar-refractivity contribution in [1.82, 2.24) is 0 Å². The quantitative estimate of drug-likeness (QED) is 0.653. The van der Waals surface area contributed by atoms with Crippen molar-refractivity contribution < 1.29 is 14.3 Å². The zero-order chi connectivity index (χ0) is 18.4. The van der Waals surface area contributed by atoms with Crippen molar-refractivity contribution in [2.45, 2.75) is 6.61 Å². The molecule has 0 spiro atoms. The molecule has 1 amide bonds. The summed E-state index contributed by atoms with van der Waals surface area (Å²) >= 11 is 5.87. The van der Waals surface area contributed by atoms with Crippen molar-refractivity contribution in [3.8, 4) is 11.5 Å². The van der Waals surface area contributed by atoms with Crippen LogP contribution in [0.25, 0.3) is 0 Å². The Balaban J connectivity index is 1.56. The van der Waals surface area contributed by atoms with Gasteiger partial charge in [0.15, 0.2) is 0 Å². The van der Waals surface area contributed by atoms with E-state index in [0.29, 0.717) is 28.6 Å². The normalized spacial score (nSPS) is 10.2. The van der Waals surface area contributed by atoms with Gasteiger partial charge in [0.1, 0.15) is 18.1 Å². The second-order valence-corrected chi connectivity index (χ2v) is 6.06. The molecule has 1 N–H and O–H groups in total. The Morgan fingerprint density at radius 3 is 2.12 bits per heavy atom. The SMILES string of the molecule is COc1ccc(C(=O)Nc2ccc(OCc3ccc(Cl)cc3)cc2)cc1. The molecule has 0 aliphatic heterocycles. The minimum atomic E-state index is -0.178. The molecule has 3 aromatic carbocycles. The highest BCUT2D eigenvalue weighted by atomic mass is 35.5. The molecule has 0 aromatic heterocycles. The number of amides is 1. The van der Waals surface area contributed by atoms with E-state index in [1.54, 1.807) is 43.5 Å². The number of hydrogen-bond acceptors (Lipinski definition) is 3. The molecule has 0 saturated heterocycles. The highest BCUT2D eigenvalue weighted by Crippen LogP contribution is 2.19. The summed E-state index contributed by atoms with van der Waals surface area (Å²) in [5.41, 5.74) is 2.30. The zero-order valence-corrected chi connectivity index (χ0v) is 15.0. The van der Waals surface area contributed by atoms with E-state index < -0.39 is 0 Å². The molecule has 3 aromatic rings. The van der Waals surface area contributed by atoms with Gasteiger partial charge in [0.05, 0.1) is 7.11 Å². The van der Waals surface area contributed by atoms with Gasteiger partial charge in [0.2, 0.25) is 0 Å². The Labute approximate surface area is 157 Å². The molecule has 0 unspecified atom stereocenters. The topological polar surface area (TPSA) is 47.6 Å². The van der Waals surface area contributed by atoms with E-state index in [4.69, 9.17) is 21.1 Å². The molecule has 5 heteroatoms. The van der Waals surface area contributed by atoms with Crippen molar-refractivity contribution in [3.05, 3.63) is 88.9 Å². The van der Waals surface area contributed by atoms with Crippen molar-refractivity contribution in [2.75, 3.05) is 12.4 Å². The van der Waals surface area contributed by atoms with Crippen LogP contribution in [-0.4, -0.2) is 13.0 Å². The molecule has 0 aliphatic rings. The first-order chi connectivity index (χ1) is 12.6. The first-order valence-electron chi connectivity index (χ1n) is 8.07. The largest absolute Gasteiger partial charge is 0.497 e. The van der Waals surface area contributed by atoms with Crippen LogP contribution in [0, 0.1) is 0 Å². The minimum absolute atomic E-state index is 0.178. The number of anilines is 1. The lowest BCUT2D eigenvalue weighted by molar-refractivity contribution is 0.102. The number of ether oxygens (including phenoxy) is 2. The van der Waals surface area contributed by atoms with Crippen LogP contribution in [0.3, 0.4) is 0 Å². The maximum Gasteiger partial charge on any atom is 0.255 e. The number of halogens is 1. The van der Waals surface area contributed by atoms with Gasteiger partial charge in [-0.2, -0.15) is 0 Å². The number of hydrogen-bond donors (Lipinski definition) is 1. The summed E-state index contributed by atoms with van der Waals surface area (Å²) in [6.07, 6.45) is 0. The molecule has 132 valence electrons. The van der Waals surface area contributed by atoms with Crippen molar-refractivity contribution in [3.63, 3.8) is 0 Å². The summed E-state index contributed by atoms with van der Waals surface area (Å²) in [5, 5.41) is 3.55. The smallest absolute Gasteiger partial charge is 0.255 e. The van der Waals surface area contributed by atoms with Crippen LogP contribution >= 0.6 is 11.6 Å². The maximum absolute atomic E-state index is 12.2. The molecular weight excluding hydrogens is 350 g/mol. The predicted octanol–water partition coefficient (Wildman–Crippen LogP) is 5.18. The second-order valence-electron chi connectivity index (χ2n) is 5.62. The van der Waals surface area contributed by atoms with E-state index in [2.05, 4.69) is 5.32 Å². The van der Waals surface area contributed by atoms with Crippen LogP contribution in [0.2, 0.25) is 5.02 Å². The standard InChI is InChI=1S/C21H18ClNO3/c1-25-19-10-4-16(5-11-19)21(24)23-18-8-12-20(13-9-18)26-14-15-2-6-17(22)7-3-15/h2-13H,14H2,1H3,(H,23,24). The highest BCUT2D eigenvalue weighted by Gasteiger charge is 2.06. The number of carbonyl (C=O) groups excluding carboxylic acids is 1. The van der Waals surface area contributed by atoms with Gasteiger partial charge >= 0.3 is 0 Å². The summed E-state index contributed by atoms with van der Waals surface area (Å²) in [6.45, 7) is 0.453. The third kappa shape index (κ3) is 4.77. The Bertz CT molecular complexity index is 859. The first-order valence-corrected chi connectivity index (χ1v) is 8.44. The molecule has 0 fully saturated rings. The fourth-order valence-electron chi connectivity index (χ4n) is 2.33. The average molecular weight is 368 g/mol. The molecule has 0 heterocycles. The molecule has 0 saturated carbocycles. The van der Waals surface area contributed by atoms with Gasteiger partial charge in [-0.15, -0.1) is 0 Å². The monoisotopic (exact) mass is 367 g/mol. The van der Waals surface area contributed by atoms with Gasteiger partial charge in [-0.1, -0.05) is 23.7 Å². The highest BCUT2D eigenvalue weighted by molar-refractivity contribution is 6.30. The van der Waals surface area contributed by atoms with E-state index in [1.165, 1.54) is 0 Å². The summed E-state index contributed by atoms with van der Waals surface area (Å²) in [5.74, 6) is 1.26. The lowest BCUT2D eigenvalue weighted by Crippen LogP contribution is -2.11. The van der Waals surface area contributed by atoms with Gasteiger partial charge in [0, 0.05) is 16.3 Å². The van der Waals surface area contributed by atoms with E-state index >= 15 is 0 Å². The summed E-state index contributed by atoms with van der Waals surface area (Å²) < 4.78 is 10.8. The summed E-state index contributed by atoms with van der Waals surface area (Å²) in [7, 11) is 1.59. The van der Waals surface area contributed by atoms with Gasteiger partial charge in [-0.05, 0) is 66.2 Å². The van der Waals surface area contributed by atoms with Crippen LogP contribution in [0.4, 0.5) is 5.69 Å². The van der Waals surface area contributed by atoms with E-state index in [9.17, 15) is 4.79 Å². The van der Waals surface area contributed by atoms with Gasteiger partial charge < -0.3 is 14.8 Å². The van der Waals surface area contributed by atoms with Crippen LogP contribution in [0.15, 0.2) is 72.8 Å². The maximum atomic E-state index is 12.2. The Morgan fingerprint density at radius 2 is 1.50 bits per heavy atom. The number of rotatable bonds is 6. The van der Waals surface area contributed by atoms with Crippen molar-refractivity contribution in [2.24, 2.45) is 0 Å². The predicted molar refractivity (Wildman–Crippen MR) is 103 cm³/mol. The minimum Gasteiger partial charge on any atom is -0.497 e. The van der Waals surface area contributed by atoms with Crippen LogP contribution in [-0.2, 0) is 6.61 Å². The zero-order valence-electron chi connectivity index (χ0n) is 14.2. The van der Waals surface area contributed by atoms with E-state index in [1.807, 2.05) is 36.4 Å². The number of nitrogens with one attached hydrogen (secondary N) is 1. The number of carbonyl (C=O) groups is 1. The Hall–Kier alpha value is -2.98. The van der Waals surface area contributed by atoms with Gasteiger partial charge in [-0.25, -0.2) is 0 Å². The Kier molecular flexibility index (Phi) is 5.77. The third-order valence-electron chi connectivity index (χ3n) is 3.78. The molecule has 0 aliphatic carbocycles. The van der Waals surface area contributed by atoms with E-state index in [0.717, 1.165) is 11.3 Å². The van der Waals surface area contributed by atoms with Crippen LogP contribution < -0.4 is 14.8 Å². The van der Waals surface area contributed by atoms with Crippen LogP contribution in [0.1, 0.15) is 15.9 Å². The lowest BCUT2D eigenvalue weighted by atomic mass is 10.2. The molecule has 4 nitrogen and oxygen atoms in total. The number of methoxy groups -OCH3 is 1. The molecule has 0 radical (unpaired) electrons. The number of benzene rings is 3. The van der Waals surface area contributed by atoms with E-state index in [-0.39, 0.29) is 5.91 Å². The lowest BCUT2D eigenvalue weighted by Gasteiger charge is -2.09. The molecule has 3 rings (SSSR count). The fraction of sp³-hybridized carbons (Fsp3) is 0.0952. The fourth-order valence-corrected chi connectivity index (χ4v) is 2.45. The molecule has 0 bridgehead atoms. The van der Waals surface area contributed by atoms with Gasteiger partial charge in [0.25, 0.3) is 5.91 Å². The third-order valence-corrected chi connectivity index (χ3v) is 4.04. The second kappa shape index (κ2) is 8.41. The summed E-state index contributed by atoms with van der Waals surface area (Å²) in [4.78, 5) is 12.2. The van der Waals surface area contributed by atoms with Crippen LogP contribution in [0.5, 0.6) is 11.5 Å².